The number of halogens is 1. The van der Waals surface area contributed by atoms with Crippen LogP contribution in [0.3, 0.4) is 0 Å². The van der Waals surface area contributed by atoms with Crippen molar-refractivity contribution in [3.63, 3.8) is 0 Å². The molecule has 0 aliphatic carbocycles. The second kappa shape index (κ2) is 8.78. The highest BCUT2D eigenvalue weighted by Gasteiger charge is 2.21. The lowest BCUT2D eigenvalue weighted by atomic mass is 10.0. The van der Waals surface area contributed by atoms with Gasteiger partial charge in [-0.15, -0.1) is 10.2 Å². The van der Waals surface area contributed by atoms with Crippen molar-refractivity contribution in [3.8, 4) is 28.4 Å². The van der Waals surface area contributed by atoms with E-state index in [4.69, 9.17) is 4.74 Å². The van der Waals surface area contributed by atoms with Gasteiger partial charge in [0.2, 0.25) is 0 Å². The fourth-order valence-corrected chi connectivity index (χ4v) is 3.87. The van der Waals surface area contributed by atoms with Gasteiger partial charge in [-0.1, -0.05) is 6.07 Å². The lowest BCUT2D eigenvalue weighted by Gasteiger charge is -2.18. The summed E-state index contributed by atoms with van der Waals surface area (Å²) < 4.78 is 22.8. The van der Waals surface area contributed by atoms with E-state index in [2.05, 4.69) is 32.4 Å². The van der Waals surface area contributed by atoms with Crippen LogP contribution in [0, 0.1) is 5.82 Å². The van der Waals surface area contributed by atoms with Gasteiger partial charge in [-0.2, -0.15) is 0 Å². The molecule has 5 rings (SSSR count). The van der Waals surface area contributed by atoms with Crippen LogP contribution in [-0.2, 0) is 0 Å². The Morgan fingerprint density at radius 3 is 2.85 bits per heavy atom. The molecule has 0 fully saturated rings. The molecule has 1 aliphatic rings. The molecule has 2 bridgehead atoms. The molecular weight excluding hydrogens is 423 g/mol. The van der Waals surface area contributed by atoms with Crippen LogP contribution in [0.15, 0.2) is 61.2 Å². The van der Waals surface area contributed by atoms with E-state index >= 15 is 0 Å². The maximum absolute atomic E-state index is 15.0. The van der Waals surface area contributed by atoms with Crippen LogP contribution in [0.5, 0.6) is 5.75 Å². The van der Waals surface area contributed by atoms with Crippen molar-refractivity contribution in [2.24, 2.45) is 0 Å². The first-order valence-corrected chi connectivity index (χ1v) is 10.6. The zero-order chi connectivity index (χ0) is 22.8. The van der Waals surface area contributed by atoms with Crippen LogP contribution in [-0.4, -0.2) is 37.2 Å². The zero-order valence-corrected chi connectivity index (χ0v) is 17.9. The third-order valence-corrected chi connectivity index (χ3v) is 5.60. The predicted molar refractivity (Wildman–Crippen MR) is 120 cm³/mol. The summed E-state index contributed by atoms with van der Waals surface area (Å²) >= 11 is 0. The van der Waals surface area contributed by atoms with Gasteiger partial charge < -0.3 is 14.6 Å². The van der Waals surface area contributed by atoms with Gasteiger partial charge in [-0.05, 0) is 55.7 Å². The Morgan fingerprint density at radius 2 is 2.00 bits per heavy atom. The maximum atomic E-state index is 15.0. The summed E-state index contributed by atoms with van der Waals surface area (Å²) in [5.41, 5.74) is 1.73. The van der Waals surface area contributed by atoms with Gasteiger partial charge in [0.25, 0.3) is 5.91 Å². The van der Waals surface area contributed by atoms with Gasteiger partial charge in [0.05, 0.1) is 12.2 Å². The summed E-state index contributed by atoms with van der Waals surface area (Å²) in [7, 11) is 0. The topological polar surface area (TPSA) is 94.8 Å². The summed E-state index contributed by atoms with van der Waals surface area (Å²) in [6, 6.07) is 11.6. The van der Waals surface area contributed by atoms with Gasteiger partial charge >= 0.3 is 0 Å². The van der Waals surface area contributed by atoms with Gasteiger partial charge in [0.1, 0.15) is 29.4 Å². The van der Waals surface area contributed by atoms with E-state index in [-0.39, 0.29) is 17.4 Å². The third-order valence-electron chi connectivity index (χ3n) is 5.60. The molecule has 0 spiro atoms. The first-order valence-electron chi connectivity index (χ1n) is 10.6. The molecule has 1 atom stereocenters. The van der Waals surface area contributed by atoms with Crippen molar-refractivity contribution in [3.05, 3.63) is 72.6 Å². The van der Waals surface area contributed by atoms with Crippen molar-refractivity contribution in [2.75, 3.05) is 11.9 Å². The Balaban J connectivity index is 1.58. The van der Waals surface area contributed by atoms with Crippen LogP contribution >= 0.6 is 0 Å². The minimum absolute atomic E-state index is 0.104. The fourth-order valence-electron chi connectivity index (χ4n) is 3.87. The number of ether oxygens (including phenoxy) is 1. The highest BCUT2D eigenvalue weighted by Crippen LogP contribution is 2.31. The van der Waals surface area contributed by atoms with Crippen molar-refractivity contribution in [1.29, 1.82) is 0 Å². The molecule has 0 radical (unpaired) electrons. The summed E-state index contributed by atoms with van der Waals surface area (Å²) in [6.07, 6.45) is 6.30. The van der Waals surface area contributed by atoms with Crippen LogP contribution in [0.2, 0.25) is 0 Å². The normalized spacial score (nSPS) is 16.1. The van der Waals surface area contributed by atoms with Gasteiger partial charge in [-0.3, -0.25) is 9.78 Å². The molecule has 9 heteroatoms. The Labute approximate surface area is 189 Å². The summed E-state index contributed by atoms with van der Waals surface area (Å²) in [5, 5.41) is 11.1. The Hall–Kier alpha value is -4.14. The first kappa shape index (κ1) is 20.7. The third kappa shape index (κ3) is 4.17. The van der Waals surface area contributed by atoms with E-state index in [1.807, 2.05) is 10.6 Å². The average molecular weight is 444 g/mol. The number of nitrogens with one attached hydrogen (secondary N) is 1. The van der Waals surface area contributed by atoms with E-state index in [0.717, 1.165) is 6.42 Å². The van der Waals surface area contributed by atoms with Gasteiger partial charge in [-0.25, -0.2) is 9.37 Å². The summed E-state index contributed by atoms with van der Waals surface area (Å²) in [5.74, 6) is 0.235. The largest absolute Gasteiger partial charge is 0.493 e. The van der Waals surface area contributed by atoms with Gasteiger partial charge in [0, 0.05) is 30.1 Å². The molecule has 0 saturated heterocycles. The minimum Gasteiger partial charge on any atom is -0.493 e. The van der Waals surface area contributed by atoms with Crippen LogP contribution in [0.4, 0.5) is 10.2 Å². The Morgan fingerprint density at radius 1 is 1.15 bits per heavy atom. The second-order valence-electron chi connectivity index (χ2n) is 7.83. The number of hydrogen-bond acceptors (Lipinski definition) is 6. The molecule has 33 heavy (non-hydrogen) atoms. The van der Waals surface area contributed by atoms with E-state index in [0.29, 0.717) is 41.5 Å². The number of carbonyl (C=O) groups is 1. The Kier molecular flexibility index (Phi) is 5.52. The van der Waals surface area contributed by atoms with Crippen molar-refractivity contribution in [1.82, 2.24) is 24.7 Å². The minimum atomic E-state index is -0.475. The van der Waals surface area contributed by atoms with E-state index in [9.17, 15) is 9.18 Å². The maximum Gasteiger partial charge on any atom is 0.260 e. The van der Waals surface area contributed by atoms with Crippen molar-refractivity contribution < 1.29 is 13.9 Å². The molecule has 0 saturated carbocycles. The monoisotopic (exact) mass is 444 g/mol. The molecule has 8 nitrogen and oxygen atoms in total. The smallest absolute Gasteiger partial charge is 0.260 e. The number of rotatable bonds is 1. The van der Waals surface area contributed by atoms with E-state index in [1.54, 1.807) is 43.0 Å². The van der Waals surface area contributed by atoms with Crippen LogP contribution in [0.25, 0.3) is 22.6 Å². The Bertz CT molecular complexity index is 1310. The number of nitrogens with zero attached hydrogens (tertiary/aromatic N) is 5. The first-order chi connectivity index (χ1) is 16.1. The molecule has 4 aromatic rings. The highest BCUT2D eigenvalue weighted by molar-refractivity contribution is 6.06. The molecule has 3 aromatic heterocycles. The molecule has 1 unspecified atom stereocenters. The number of hydrogen-bond donors (Lipinski definition) is 1. The molecule has 1 aliphatic heterocycles. The van der Waals surface area contributed by atoms with E-state index < -0.39 is 11.7 Å². The molecule has 1 N–H and O–H groups in total. The number of anilines is 1. The van der Waals surface area contributed by atoms with Crippen LogP contribution in [0.1, 0.15) is 36.2 Å². The molecule has 4 heterocycles. The highest BCUT2D eigenvalue weighted by atomic mass is 19.1. The standard InChI is InChI=1S/C24H21FN6O2/c1-15-4-3-11-33-21-13-19(25)17(16-7-9-26-10-8-16)12-18(21)24(32)29-22-6-2-5-20(28-22)23-30-27-14-31(15)23/h2,5-10,12-15H,3-4,11H2,1H3,(H,28,29,32). The molecular formula is C24H21FN6O2. The summed E-state index contributed by atoms with van der Waals surface area (Å²) in [4.78, 5) is 21.8. The number of pyridine rings is 2. The van der Waals surface area contributed by atoms with E-state index in [1.165, 1.54) is 12.1 Å². The number of carbonyl (C=O) groups excluding carboxylic acids is 1. The molecule has 166 valence electrons. The number of benzene rings is 1. The lowest BCUT2D eigenvalue weighted by Crippen LogP contribution is -2.17. The zero-order valence-electron chi connectivity index (χ0n) is 17.9. The van der Waals surface area contributed by atoms with Gasteiger partial charge in [0.15, 0.2) is 5.82 Å². The van der Waals surface area contributed by atoms with Crippen molar-refractivity contribution in [2.45, 2.75) is 25.8 Å². The number of amides is 1. The van der Waals surface area contributed by atoms with Crippen LogP contribution < -0.4 is 10.1 Å². The SMILES string of the molecule is CC1CCCOc2cc(F)c(-c3ccncc3)cc2C(=O)Nc2cccc(n2)-c2nncn21. The number of aromatic nitrogens is 5. The predicted octanol–water partition coefficient (Wildman–Crippen LogP) is 4.53. The quantitative estimate of drug-likeness (QED) is 0.464. The molecule has 1 aromatic carbocycles. The fraction of sp³-hybridized carbons (Fsp3) is 0.208. The summed E-state index contributed by atoms with van der Waals surface area (Å²) in [6.45, 7) is 2.40. The second-order valence-corrected chi connectivity index (χ2v) is 7.83. The lowest BCUT2D eigenvalue weighted by molar-refractivity contribution is 0.102. The van der Waals surface area contributed by atoms with Crippen molar-refractivity contribution >= 4 is 11.7 Å². The molecule has 1 amide bonds. The number of fused-ring (bicyclic) bond motifs is 5. The average Bonchev–Trinajstić information content (AvgIpc) is 3.32.